The molecule has 1 atom stereocenters. The van der Waals surface area contributed by atoms with Crippen LogP contribution in [0.3, 0.4) is 0 Å². The van der Waals surface area contributed by atoms with Crippen LogP contribution in [0.4, 0.5) is 13.2 Å². The van der Waals surface area contributed by atoms with Crippen molar-refractivity contribution in [2.45, 2.75) is 18.8 Å². The van der Waals surface area contributed by atoms with Gasteiger partial charge in [0.2, 0.25) is 6.79 Å². The van der Waals surface area contributed by atoms with Crippen molar-refractivity contribution in [1.82, 2.24) is 9.88 Å². The van der Waals surface area contributed by atoms with E-state index in [-0.39, 0.29) is 24.5 Å². The Morgan fingerprint density at radius 3 is 2.70 bits per heavy atom. The van der Waals surface area contributed by atoms with Crippen LogP contribution in [0.1, 0.15) is 23.0 Å². The number of amides is 1. The zero-order valence-corrected chi connectivity index (χ0v) is 17.3. The van der Waals surface area contributed by atoms with Gasteiger partial charge in [0.05, 0.1) is 11.7 Å². The summed E-state index contributed by atoms with van der Waals surface area (Å²) in [5, 5.41) is 2.87. The predicted octanol–water partition coefficient (Wildman–Crippen LogP) is 4.08. The smallest absolute Gasteiger partial charge is 0.454 e. The molecular formula is C23H20F3N3O4. The van der Waals surface area contributed by atoms with Crippen LogP contribution in [-0.4, -0.2) is 36.7 Å². The molecule has 0 saturated heterocycles. The molecule has 3 aromatic rings. The van der Waals surface area contributed by atoms with Crippen LogP contribution in [0, 0.1) is 0 Å². The summed E-state index contributed by atoms with van der Waals surface area (Å²) < 4.78 is 55.4. The minimum Gasteiger partial charge on any atom is -0.454 e. The number of rotatable bonds is 5. The van der Waals surface area contributed by atoms with Crippen LogP contribution in [-0.2, 0) is 0 Å². The number of nitrogens with zero attached hydrogens (tertiary/aromatic N) is 1. The first-order chi connectivity index (χ1) is 15.8. The Labute approximate surface area is 186 Å². The average Bonchev–Trinajstić information content (AvgIpc) is 3.39. The zero-order valence-electron chi connectivity index (χ0n) is 17.3. The number of halogens is 3. The zero-order chi connectivity index (χ0) is 23.2. The van der Waals surface area contributed by atoms with Gasteiger partial charge in [0.1, 0.15) is 11.4 Å². The minimum absolute atomic E-state index is 0.104. The van der Waals surface area contributed by atoms with Gasteiger partial charge >= 0.3 is 6.36 Å². The summed E-state index contributed by atoms with van der Waals surface area (Å²) in [4.78, 5) is 12.7. The molecule has 7 nitrogen and oxygen atoms in total. The number of fused-ring (bicyclic) bond motifs is 2. The molecular weight excluding hydrogens is 439 g/mol. The first kappa shape index (κ1) is 21.2. The highest BCUT2D eigenvalue weighted by Gasteiger charge is 2.33. The van der Waals surface area contributed by atoms with Gasteiger partial charge in [-0.1, -0.05) is 12.1 Å². The lowest BCUT2D eigenvalue weighted by Gasteiger charge is -2.28. The molecule has 1 amide bonds. The molecule has 0 spiro atoms. The van der Waals surface area contributed by atoms with E-state index in [0.717, 1.165) is 5.56 Å². The molecule has 0 saturated carbocycles. The molecule has 3 N–H and O–H groups in total. The van der Waals surface area contributed by atoms with E-state index in [1.165, 1.54) is 18.2 Å². The van der Waals surface area contributed by atoms with Crippen molar-refractivity contribution in [2.75, 3.05) is 19.9 Å². The Balaban J connectivity index is 1.71. The third-order valence-electron chi connectivity index (χ3n) is 5.66. The number of carbonyl (C=O) groups excluding carboxylic acids is 1. The lowest BCUT2D eigenvalue weighted by Crippen LogP contribution is -2.39. The number of carbonyl (C=O) groups is 1. The van der Waals surface area contributed by atoms with Crippen LogP contribution in [0.15, 0.2) is 48.5 Å². The largest absolute Gasteiger partial charge is 0.573 e. The predicted molar refractivity (Wildman–Crippen MR) is 113 cm³/mol. The van der Waals surface area contributed by atoms with Crippen molar-refractivity contribution >= 4 is 5.91 Å². The van der Waals surface area contributed by atoms with Crippen LogP contribution in [0.25, 0.3) is 22.4 Å². The number of nitrogens with one attached hydrogen (secondary N) is 1. The van der Waals surface area contributed by atoms with E-state index in [4.69, 9.17) is 15.2 Å². The molecule has 0 bridgehead atoms. The summed E-state index contributed by atoms with van der Waals surface area (Å²) in [5.41, 5.74) is 8.72. The molecule has 0 fully saturated rings. The molecule has 0 radical (unpaired) electrons. The normalized spacial score (nSPS) is 17.0. The van der Waals surface area contributed by atoms with E-state index in [1.54, 1.807) is 24.3 Å². The van der Waals surface area contributed by atoms with Crippen molar-refractivity contribution < 1.29 is 32.2 Å². The van der Waals surface area contributed by atoms with E-state index >= 15 is 0 Å². The van der Waals surface area contributed by atoms with Gasteiger partial charge in [-0.2, -0.15) is 0 Å². The second-order valence-electron chi connectivity index (χ2n) is 7.75. The van der Waals surface area contributed by atoms with Gasteiger partial charge < -0.3 is 29.8 Å². The van der Waals surface area contributed by atoms with Gasteiger partial charge in [-0.25, -0.2) is 0 Å². The number of benzene rings is 2. The fourth-order valence-electron chi connectivity index (χ4n) is 4.31. The number of hydrogen-bond donors (Lipinski definition) is 2. The topological polar surface area (TPSA) is 87.7 Å². The first-order valence-electron chi connectivity index (χ1n) is 10.3. The molecule has 2 aromatic carbocycles. The molecule has 0 unspecified atom stereocenters. The lowest BCUT2D eigenvalue weighted by atomic mass is 10.00. The maximum atomic E-state index is 12.8. The Hall–Kier alpha value is -3.66. The average molecular weight is 459 g/mol. The highest BCUT2D eigenvalue weighted by Crippen LogP contribution is 2.43. The van der Waals surface area contributed by atoms with Crippen LogP contribution < -0.4 is 25.3 Å². The summed E-state index contributed by atoms with van der Waals surface area (Å²) in [5.74, 6) is 0.546. The summed E-state index contributed by atoms with van der Waals surface area (Å²) in [6.07, 6.45) is -4.21. The fraction of sp³-hybridized carbons (Fsp3) is 0.261. The van der Waals surface area contributed by atoms with E-state index in [0.29, 0.717) is 53.5 Å². The van der Waals surface area contributed by atoms with Crippen LogP contribution in [0.5, 0.6) is 17.2 Å². The molecule has 172 valence electrons. The summed E-state index contributed by atoms with van der Waals surface area (Å²) >= 11 is 0. The van der Waals surface area contributed by atoms with E-state index < -0.39 is 6.36 Å². The maximum absolute atomic E-state index is 12.8. The van der Waals surface area contributed by atoms with Gasteiger partial charge in [0.25, 0.3) is 5.91 Å². The van der Waals surface area contributed by atoms with Crippen LogP contribution >= 0.6 is 0 Å². The molecule has 1 aromatic heterocycles. The summed E-state index contributed by atoms with van der Waals surface area (Å²) in [7, 11) is 0. The number of aromatic nitrogens is 1. The maximum Gasteiger partial charge on any atom is 0.573 e. The second-order valence-corrected chi connectivity index (χ2v) is 7.75. The second kappa shape index (κ2) is 8.04. The Bertz CT molecular complexity index is 1220. The minimum atomic E-state index is -4.81. The Kier molecular flexibility index (Phi) is 5.16. The van der Waals surface area contributed by atoms with Crippen LogP contribution in [0.2, 0.25) is 0 Å². The monoisotopic (exact) mass is 459 g/mol. The molecule has 2 aliphatic rings. The van der Waals surface area contributed by atoms with Crippen molar-refractivity contribution in [2.24, 2.45) is 5.73 Å². The highest BCUT2D eigenvalue weighted by molar-refractivity contribution is 5.99. The Morgan fingerprint density at radius 1 is 1.09 bits per heavy atom. The van der Waals surface area contributed by atoms with Crippen molar-refractivity contribution in [1.29, 1.82) is 0 Å². The van der Waals surface area contributed by atoms with Crippen molar-refractivity contribution in [3.8, 4) is 39.6 Å². The SMILES string of the molecule is NCC[C@H]1CNC(=O)c2cc(-c3cccc(OC(F)(F)F)c3)c(-c3ccc4c(c3)OCO4)n21. The van der Waals surface area contributed by atoms with E-state index in [1.807, 2.05) is 10.6 Å². The Morgan fingerprint density at radius 2 is 1.91 bits per heavy atom. The number of ether oxygens (including phenoxy) is 3. The number of nitrogens with two attached hydrogens (primary N) is 1. The molecule has 3 heterocycles. The number of alkyl halides is 3. The lowest BCUT2D eigenvalue weighted by molar-refractivity contribution is -0.274. The first-order valence-corrected chi connectivity index (χ1v) is 10.3. The standard InChI is InChI=1S/C23H20F3N3O4/c24-23(25,26)33-16-3-1-2-13(8-16)17-10-18-22(30)28-11-15(6-7-27)29(18)21(17)14-4-5-19-20(9-14)32-12-31-19/h1-5,8-10,15H,6-7,11-12,27H2,(H,28,30)/t15-/m0/s1. The molecule has 10 heteroatoms. The van der Waals surface area contributed by atoms with Crippen molar-refractivity contribution in [3.63, 3.8) is 0 Å². The van der Waals surface area contributed by atoms with Gasteiger partial charge in [-0.05, 0) is 54.9 Å². The summed E-state index contributed by atoms with van der Waals surface area (Å²) in [6, 6.07) is 12.7. The fourth-order valence-corrected chi connectivity index (χ4v) is 4.31. The quantitative estimate of drug-likeness (QED) is 0.600. The number of hydrogen-bond acceptors (Lipinski definition) is 5. The van der Waals surface area contributed by atoms with Gasteiger partial charge in [-0.15, -0.1) is 13.2 Å². The molecule has 5 rings (SSSR count). The van der Waals surface area contributed by atoms with Gasteiger partial charge in [-0.3, -0.25) is 4.79 Å². The van der Waals surface area contributed by atoms with Crippen molar-refractivity contribution in [3.05, 3.63) is 54.2 Å². The third kappa shape index (κ3) is 3.97. The third-order valence-corrected chi connectivity index (χ3v) is 5.66. The molecule has 33 heavy (non-hydrogen) atoms. The van der Waals surface area contributed by atoms with E-state index in [2.05, 4.69) is 10.1 Å². The van der Waals surface area contributed by atoms with Gasteiger partial charge in [0, 0.05) is 17.7 Å². The highest BCUT2D eigenvalue weighted by atomic mass is 19.4. The molecule has 0 aliphatic carbocycles. The molecule has 2 aliphatic heterocycles. The van der Waals surface area contributed by atoms with Gasteiger partial charge in [0.15, 0.2) is 11.5 Å². The summed E-state index contributed by atoms with van der Waals surface area (Å²) in [6.45, 7) is 0.905. The van der Waals surface area contributed by atoms with E-state index in [9.17, 15) is 18.0 Å².